The molecule has 2 atom stereocenters. The minimum atomic E-state index is -0.0483. The number of anilines is 1. The van der Waals surface area contributed by atoms with Crippen LogP contribution in [0.25, 0.3) is 10.2 Å². The number of hydrogen-bond acceptors (Lipinski definition) is 5. The van der Waals surface area contributed by atoms with E-state index in [9.17, 15) is 4.79 Å². The number of hydrogen-bond donors (Lipinski definition) is 1. The third-order valence-corrected chi connectivity index (χ3v) is 4.97. The fourth-order valence-electron chi connectivity index (χ4n) is 2.65. The predicted octanol–water partition coefficient (Wildman–Crippen LogP) is 2.13. The van der Waals surface area contributed by atoms with Crippen molar-refractivity contribution in [3.05, 3.63) is 23.2 Å². The van der Waals surface area contributed by atoms with E-state index in [0.717, 1.165) is 16.6 Å². The highest BCUT2D eigenvalue weighted by Gasteiger charge is 2.32. The molecule has 2 unspecified atom stereocenters. The summed E-state index contributed by atoms with van der Waals surface area (Å²) in [6.07, 6.45) is 2.65. The van der Waals surface area contributed by atoms with Gasteiger partial charge in [-0.2, -0.15) is 0 Å². The second-order valence-corrected chi connectivity index (χ2v) is 6.05. The van der Waals surface area contributed by atoms with E-state index in [1.807, 2.05) is 26.1 Å². The number of carbonyl (C=O) groups excluding carboxylic acids is 1. The summed E-state index contributed by atoms with van der Waals surface area (Å²) in [5, 5.41) is 0.852. The molecular formula is C14H17N3O2S. The van der Waals surface area contributed by atoms with Crippen molar-refractivity contribution in [2.45, 2.75) is 25.5 Å². The van der Waals surface area contributed by atoms with Gasteiger partial charge in [0.25, 0.3) is 5.91 Å². The molecule has 0 aromatic carbocycles. The van der Waals surface area contributed by atoms with Crippen molar-refractivity contribution in [2.24, 2.45) is 0 Å². The minimum Gasteiger partial charge on any atom is -0.397 e. The van der Waals surface area contributed by atoms with Crippen LogP contribution in [0.4, 0.5) is 5.69 Å². The van der Waals surface area contributed by atoms with Crippen molar-refractivity contribution in [3.8, 4) is 0 Å². The highest BCUT2D eigenvalue weighted by atomic mass is 32.1. The molecule has 1 saturated heterocycles. The van der Waals surface area contributed by atoms with Crippen molar-refractivity contribution in [2.75, 3.05) is 19.4 Å². The molecule has 1 aliphatic rings. The van der Waals surface area contributed by atoms with Crippen LogP contribution < -0.4 is 5.73 Å². The zero-order valence-corrected chi connectivity index (χ0v) is 12.3. The molecule has 2 N–H and O–H groups in total. The molecule has 1 fully saturated rings. The molecular weight excluding hydrogens is 274 g/mol. The summed E-state index contributed by atoms with van der Waals surface area (Å²) >= 11 is 1.35. The summed E-state index contributed by atoms with van der Waals surface area (Å²) in [5.41, 5.74) is 6.63. The van der Waals surface area contributed by atoms with Gasteiger partial charge in [-0.05, 0) is 25.5 Å². The standard InChI is InChI=1S/C14H17N3O2S/c1-8-10(5-7-19-8)17(2)14(18)12-11(15)9-4-3-6-16-13(9)20-12/h3-4,6,8,10H,5,7,15H2,1-2H3. The number of pyridine rings is 1. The fourth-order valence-corrected chi connectivity index (χ4v) is 3.70. The van der Waals surface area contributed by atoms with Crippen LogP contribution in [0.15, 0.2) is 18.3 Å². The molecule has 106 valence electrons. The molecule has 3 rings (SSSR count). The second-order valence-electron chi connectivity index (χ2n) is 5.05. The van der Waals surface area contributed by atoms with Gasteiger partial charge >= 0.3 is 0 Å². The molecule has 0 aliphatic carbocycles. The Morgan fingerprint density at radius 3 is 3.05 bits per heavy atom. The van der Waals surface area contributed by atoms with Gasteiger partial charge < -0.3 is 15.4 Å². The van der Waals surface area contributed by atoms with Gasteiger partial charge in [0.1, 0.15) is 9.71 Å². The summed E-state index contributed by atoms with van der Waals surface area (Å²) in [7, 11) is 1.81. The lowest BCUT2D eigenvalue weighted by molar-refractivity contribution is 0.0579. The van der Waals surface area contributed by atoms with Gasteiger partial charge in [-0.25, -0.2) is 4.98 Å². The Kier molecular flexibility index (Phi) is 3.35. The molecule has 0 bridgehead atoms. The van der Waals surface area contributed by atoms with Crippen molar-refractivity contribution >= 4 is 33.1 Å². The third kappa shape index (κ3) is 2.05. The topological polar surface area (TPSA) is 68.5 Å². The predicted molar refractivity (Wildman–Crippen MR) is 79.9 cm³/mol. The largest absolute Gasteiger partial charge is 0.397 e. The van der Waals surface area contributed by atoms with Gasteiger partial charge in [-0.1, -0.05) is 0 Å². The zero-order valence-electron chi connectivity index (χ0n) is 11.5. The molecule has 2 aromatic rings. The van der Waals surface area contributed by atoms with Crippen LogP contribution >= 0.6 is 11.3 Å². The Balaban J connectivity index is 1.94. The van der Waals surface area contributed by atoms with Gasteiger partial charge in [0.15, 0.2) is 0 Å². The van der Waals surface area contributed by atoms with Gasteiger partial charge in [-0.3, -0.25) is 4.79 Å². The highest BCUT2D eigenvalue weighted by molar-refractivity contribution is 7.21. The van der Waals surface area contributed by atoms with Crippen LogP contribution in [0, 0.1) is 0 Å². The number of ether oxygens (including phenoxy) is 1. The molecule has 20 heavy (non-hydrogen) atoms. The lowest BCUT2D eigenvalue weighted by Crippen LogP contribution is -2.40. The average Bonchev–Trinajstić information content (AvgIpc) is 3.02. The van der Waals surface area contributed by atoms with Crippen molar-refractivity contribution in [1.82, 2.24) is 9.88 Å². The first-order valence-electron chi connectivity index (χ1n) is 6.61. The van der Waals surface area contributed by atoms with Crippen molar-refractivity contribution < 1.29 is 9.53 Å². The van der Waals surface area contributed by atoms with E-state index in [-0.39, 0.29) is 18.1 Å². The van der Waals surface area contributed by atoms with E-state index in [1.54, 1.807) is 11.1 Å². The minimum absolute atomic E-state index is 0.0483. The number of amides is 1. The third-order valence-electron chi connectivity index (χ3n) is 3.85. The molecule has 1 aliphatic heterocycles. The zero-order chi connectivity index (χ0) is 14.3. The van der Waals surface area contributed by atoms with Crippen molar-refractivity contribution in [1.29, 1.82) is 0 Å². The Labute approximate surface area is 121 Å². The molecule has 1 amide bonds. The average molecular weight is 291 g/mol. The molecule has 3 heterocycles. The molecule has 5 nitrogen and oxygen atoms in total. The van der Waals surface area contributed by atoms with Gasteiger partial charge in [0, 0.05) is 25.2 Å². The summed E-state index contributed by atoms with van der Waals surface area (Å²) in [4.78, 5) is 20.0. The lowest BCUT2D eigenvalue weighted by atomic mass is 10.1. The van der Waals surface area contributed by atoms with E-state index in [0.29, 0.717) is 17.2 Å². The maximum absolute atomic E-state index is 12.6. The molecule has 0 spiro atoms. The summed E-state index contributed by atoms with van der Waals surface area (Å²) < 4.78 is 5.53. The van der Waals surface area contributed by atoms with E-state index in [4.69, 9.17) is 10.5 Å². The van der Waals surface area contributed by atoms with E-state index in [2.05, 4.69) is 4.98 Å². The highest BCUT2D eigenvalue weighted by Crippen LogP contribution is 2.33. The van der Waals surface area contributed by atoms with Crippen molar-refractivity contribution in [3.63, 3.8) is 0 Å². The molecule has 6 heteroatoms. The number of fused-ring (bicyclic) bond motifs is 1. The first-order valence-corrected chi connectivity index (χ1v) is 7.43. The number of aromatic nitrogens is 1. The van der Waals surface area contributed by atoms with Crippen LogP contribution in [0.5, 0.6) is 0 Å². The van der Waals surface area contributed by atoms with Crippen LogP contribution in [-0.2, 0) is 4.74 Å². The maximum atomic E-state index is 12.6. The van der Waals surface area contributed by atoms with Crippen LogP contribution in [-0.4, -0.2) is 41.6 Å². The Bertz CT molecular complexity index is 655. The SMILES string of the molecule is CC1OCCC1N(C)C(=O)c1sc2ncccc2c1N. The Morgan fingerprint density at radius 1 is 1.60 bits per heavy atom. The van der Waals surface area contributed by atoms with Crippen LogP contribution in [0.2, 0.25) is 0 Å². The first-order chi connectivity index (χ1) is 9.59. The normalized spacial score (nSPS) is 22.3. The van der Waals surface area contributed by atoms with Gasteiger partial charge in [0.05, 0.1) is 17.8 Å². The Hall–Kier alpha value is -1.66. The number of nitrogens with two attached hydrogens (primary N) is 1. The smallest absolute Gasteiger partial charge is 0.266 e. The molecule has 2 aromatic heterocycles. The second kappa shape index (κ2) is 5.03. The number of nitrogen functional groups attached to an aromatic ring is 1. The fraction of sp³-hybridized carbons (Fsp3) is 0.429. The number of likely N-dealkylation sites (N-methyl/N-ethyl adjacent to an activating group) is 1. The van der Waals surface area contributed by atoms with Gasteiger partial charge in [-0.15, -0.1) is 11.3 Å². The van der Waals surface area contributed by atoms with E-state index in [1.165, 1.54) is 11.3 Å². The summed E-state index contributed by atoms with van der Waals surface area (Å²) in [6.45, 7) is 2.70. The maximum Gasteiger partial charge on any atom is 0.266 e. The summed E-state index contributed by atoms with van der Waals surface area (Å²) in [6, 6.07) is 3.84. The van der Waals surface area contributed by atoms with Crippen LogP contribution in [0.1, 0.15) is 23.0 Å². The summed E-state index contributed by atoms with van der Waals surface area (Å²) in [5.74, 6) is -0.0483. The quantitative estimate of drug-likeness (QED) is 0.920. The lowest BCUT2D eigenvalue weighted by Gasteiger charge is -2.26. The molecule has 0 saturated carbocycles. The van der Waals surface area contributed by atoms with E-state index < -0.39 is 0 Å². The Morgan fingerprint density at radius 2 is 2.40 bits per heavy atom. The number of thiophene rings is 1. The van der Waals surface area contributed by atoms with Crippen LogP contribution in [0.3, 0.4) is 0 Å². The molecule has 0 radical (unpaired) electrons. The number of nitrogens with zero attached hydrogens (tertiary/aromatic N) is 2. The van der Waals surface area contributed by atoms with Gasteiger partial charge in [0.2, 0.25) is 0 Å². The van der Waals surface area contributed by atoms with E-state index >= 15 is 0 Å². The monoisotopic (exact) mass is 291 g/mol. The number of carbonyl (C=O) groups is 1. The first kappa shape index (κ1) is 13.3. The number of rotatable bonds is 2.